The normalized spacial score (nSPS) is 22.5. The largest absolute Gasteiger partial charge is 0.481 e. The molecule has 1 heterocycles. The Morgan fingerprint density at radius 1 is 1.50 bits per heavy atom. The van der Waals surface area contributed by atoms with Gasteiger partial charge in [-0.25, -0.2) is 4.39 Å². The second-order valence-electron chi connectivity index (χ2n) is 5.34. The zero-order valence-electron chi connectivity index (χ0n) is 12.3. The van der Waals surface area contributed by atoms with Gasteiger partial charge in [-0.15, -0.1) is 0 Å². The molecule has 0 spiro atoms. The van der Waals surface area contributed by atoms with Crippen molar-refractivity contribution in [3.63, 3.8) is 0 Å². The fourth-order valence-corrected chi connectivity index (χ4v) is 3.07. The summed E-state index contributed by atoms with van der Waals surface area (Å²) in [7, 11) is 0. The van der Waals surface area contributed by atoms with E-state index in [1.165, 1.54) is 23.1 Å². The van der Waals surface area contributed by atoms with Crippen molar-refractivity contribution in [3.05, 3.63) is 28.5 Å². The van der Waals surface area contributed by atoms with E-state index in [0.29, 0.717) is 23.2 Å². The lowest BCUT2D eigenvalue weighted by Gasteiger charge is -2.26. The first-order valence-electron chi connectivity index (χ1n) is 6.96. The topological polar surface area (TPSA) is 66.8 Å². The van der Waals surface area contributed by atoms with Gasteiger partial charge in [0, 0.05) is 12.6 Å². The summed E-state index contributed by atoms with van der Waals surface area (Å²) < 4.78 is 19.0. The van der Waals surface area contributed by atoms with E-state index in [1.54, 1.807) is 13.8 Å². The Morgan fingerprint density at radius 3 is 2.73 bits per heavy atom. The highest BCUT2D eigenvalue weighted by Crippen LogP contribution is 2.28. The fraction of sp³-hybridized carbons (Fsp3) is 0.467. The van der Waals surface area contributed by atoms with E-state index in [0.717, 1.165) is 0 Å². The van der Waals surface area contributed by atoms with Crippen LogP contribution < -0.4 is 4.74 Å². The van der Waals surface area contributed by atoms with Crippen molar-refractivity contribution in [3.8, 4) is 5.75 Å². The van der Waals surface area contributed by atoms with Gasteiger partial charge >= 0.3 is 5.97 Å². The van der Waals surface area contributed by atoms with E-state index in [1.807, 2.05) is 0 Å². The Balaban J connectivity index is 2.05. The number of amides is 1. The smallest absolute Gasteiger partial charge is 0.308 e. The molecular formula is C15H17BrFNO4. The Bertz CT molecular complexity index is 595. The standard InChI is InChI=1S/C15H17BrFNO4/c1-8-11(15(20)21)5-6-18(8)14(19)9(2)22-13-4-3-10(17)7-12(13)16/h3-4,7-9,11H,5-6H2,1-2H3,(H,20,21). The first kappa shape index (κ1) is 16.7. The van der Waals surface area contributed by atoms with Crippen LogP contribution in [0.25, 0.3) is 0 Å². The van der Waals surface area contributed by atoms with Gasteiger partial charge in [-0.2, -0.15) is 0 Å². The van der Waals surface area contributed by atoms with Crippen LogP contribution in [0.4, 0.5) is 4.39 Å². The highest BCUT2D eigenvalue weighted by Gasteiger charge is 2.39. The van der Waals surface area contributed by atoms with Crippen LogP contribution in [-0.2, 0) is 9.59 Å². The van der Waals surface area contributed by atoms with Crippen molar-refractivity contribution in [2.24, 2.45) is 5.92 Å². The Labute approximate surface area is 136 Å². The molecular weight excluding hydrogens is 357 g/mol. The summed E-state index contributed by atoms with van der Waals surface area (Å²) >= 11 is 3.18. The summed E-state index contributed by atoms with van der Waals surface area (Å²) in [5.41, 5.74) is 0. The van der Waals surface area contributed by atoms with Crippen molar-refractivity contribution >= 4 is 27.8 Å². The van der Waals surface area contributed by atoms with Crippen LogP contribution >= 0.6 is 15.9 Å². The molecule has 1 N–H and O–H groups in total. The third kappa shape index (κ3) is 3.40. The molecule has 0 radical (unpaired) electrons. The number of hydrogen-bond donors (Lipinski definition) is 1. The van der Waals surface area contributed by atoms with Gasteiger partial charge in [-0.05, 0) is 54.4 Å². The number of halogens is 2. The molecule has 1 aliphatic heterocycles. The van der Waals surface area contributed by atoms with E-state index in [2.05, 4.69) is 15.9 Å². The third-order valence-electron chi connectivity index (χ3n) is 3.90. The predicted molar refractivity (Wildman–Crippen MR) is 81.1 cm³/mol. The highest BCUT2D eigenvalue weighted by molar-refractivity contribution is 9.10. The number of hydrogen-bond acceptors (Lipinski definition) is 3. The van der Waals surface area contributed by atoms with E-state index in [-0.39, 0.29) is 11.9 Å². The van der Waals surface area contributed by atoms with Gasteiger partial charge < -0.3 is 14.7 Å². The molecule has 1 aromatic rings. The minimum absolute atomic E-state index is 0.271. The SMILES string of the molecule is CC(Oc1ccc(F)cc1Br)C(=O)N1CCC(C(=O)O)C1C. The molecule has 1 aliphatic rings. The number of benzene rings is 1. The molecule has 1 amide bonds. The molecule has 120 valence electrons. The fourth-order valence-electron chi connectivity index (χ4n) is 2.63. The van der Waals surface area contributed by atoms with Gasteiger partial charge in [-0.1, -0.05) is 0 Å². The monoisotopic (exact) mass is 373 g/mol. The van der Waals surface area contributed by atoms with Gasteiger partial charge in [0.05, 0.1) is 10.4 Å². The van der Waals surface area contributed by atoms with E-state index < -0.39 is 23.8 Å². The average Bonchev–Trinajstić information content (AvgIpc) is 2.83. The molecule has 1 fully saturated rings. The number of nitrogens with zero attached hydrogens (tertiary/aromatic N) is 1. The van der Waals surface area contributed by atoms with Crippen LogP contribution in [0.15, 0.2) is 22.7 Å². The quantitative estimate of drug-likeness (QED) is 0.880. The second-order valence-corrected chi connectivity index (χ2v) is 6.19. The molecule has 22 heavy (non-hydrogen) atoms. The number of carboxylic acids is 1. The maximum absolute atomic E-state index is 13.0. The number of rotatable bonds is 4. The second kappa shape index (κ2) is 6.64. The number of likely N-dealkylation sites (tertiary alicyclic amines) is 1. The van der Waals surface area contributed by atoms with Crippen LogP contribution in [0.2, 0.25) is 0 Å². The molecule has 3 atom stereocenters. The van der Waals surface area contributed by atoms with Crippen molar-refractivity contribution in [2.75, 3.05) is 6.54 Å². The van der Waals surface area contributed by atoms with Crippen LogP contribution in [0.5, 0.6) is 5.75 Å². The van der Waals surface area contributed by atoms with Crippen LogP contribution in [0.1, 0.15) is 20.3 Å². The van der Waals surface area contributed by atoms with Gasteiger partial charge in [0.1, 0.15) is 11.6 Å². The maximum atomic E-state index is 13.0. The molecule has 0 bridgehead atoms. The van der Waals surface area contributed by atoms with E-state index in [9.17, 15) is 14.0 Å². The molecule has 0 aliphatic carbocycles. The summed E-state index contributed by atoms with van der Waals surface area (Å²) in [6, 6.07) is 3.57. The van der Waals surface area contributed by atoms with Crippen molar-refractivity contribution < 1.29 is 23.8 Å². The van der Waals surface area contributed by atoms with Crippen molar-refractivity contribution in [2.45, 2.75) is 32.4 Å². The van der Waals surface area contributed by atoms with Gasteiger partial charge in [-0.3, -0.25) is 9.59 Å². The van der Waals surface area contributed by atoms with Crippen LogP contribution in [0, 0.1) is 11.7 Å². The molecule has 5 nitrogen and oxygen atoms in total. The van der Waals surface area contributed by atoms with Crippen molar-refractivity contribution in [1.29, 1.82) is 0 Å². The molecule has 1 aromatic carbocycles. The Kier molecular flexibility index (Phi) is 5.05. The van der Waals surface area contributed by atoms with Crippen LogP contribution in [-0.4, -0.2) is 40.6 Å². The summed E-state index contributed by atoms with van der Waals surface area (Å²) in [6.45, 7) is 3.72. The predicted octanol–water partition coefficient (Wildman–Crippen LogP) is 2.68. The number of carbonyl (C=O) groups excluding carboxylic acids is 1. The lowest BCUT2D eigenvalue weighted by molar-refractivity contribution is -0.144. The maximum Gasteiger partial charge on any atom is 0.308 e. The number of ether oxygens (including phenoxy) is 1. The Morgan fingerprint density at radius 2 is 2.18 bits per heavy atom. The van der Waals surface area contributed by atoms with Crippen LogP contribution in [0.3, 0.4) is 0 Å². The Hall–Kier alpha value is -1.63. The third-order valence-corrected chi connectivity index (χ3v) is 4.52. The van der Waals surface area contributed by atoms with Gasteiger partial charge in [0.15, 0.2) is 6.10 Å². The highest BCUT2D eigenvalue weighted by atomic mass is 79.9. The van der Waals surface area contributed by atoms with Gasteiger partial charge in [0.25, 0.3) is 5.91 Å². The number of carbonyl (C=O) groups is 2. The molecule has 0 saturated carbocycles. The first-order valence-corrected chi connectivity index (χ1v) is 7.75. The van der Waals surface area contributed by atoms with Gasteiger partial charge in [0.2, 0.25) is 0 Å². The first-order chi connectivity index (χ1) is 10.3. The average molecular weight is 374 g/mol. The minimum atomic E-state index is -0.891. The zero-order valence-corrected chi connectivity index (χ0v) is 13.8. The number of carboxylic acid groups (broad SMARTS) is 1. The zero-order chi connectivity index (χ0) is 16.4. The lowest BCUT2D eigenvalue weighted by Crippen LogP contribution is -2.44. The molecule has 0 aromatic heterocycles. The summed E-state index contributed by atoms with van der Waals surface area (Å²) in [4.78, 5) is 25.1. The molecule has 7 heteroatoms. The molecule has 2 rings (SSSR count). The molecule has 1 saturated heterocycles. The van der Waals surface area contributed by atoms with E-state index in [4.69, 9.17) is 9.84 Å². The summed E-state index contributed by atoms with van der Waals surface area (Å²) in [5, 5.41) is 9.11. The minimum Gasteiger partial charge on any atom is -0.481 e. The van der Waals surface area contributed by atoms with E-state index >= 15 is 0 Å². The summed E-state index contributed by atoms with van der Waals surface area (Å²) in [5.74, 6) is -1.75. The summed E-state index contributed by atoms with van der Waals surface area (Å²) in [6.07, 6.45) is -0.341. The molecule has 3 unspecified atom stereocenters. The number of aliphatic carboxylic acids is 1. The van der Waals surface area contributed by atoms with Crippen molar-refractivity contribution in [1.82, 2.24) is 4.90 Å². The lowest BCUT2D eigenvalue weighted by atomic mass is 10.0.